The van der Waals surface area contributed by atoms with Gasteiger partial charge in [-0.15, -0.1) is 0 Å². The molecule has 116 valence electrons. The van der Waals surface area contributed by atoms with Gasteiger partial charge in [0.15, 0.2) is 0 Å². The van der Waals surface area contributed by atoms with Crippen LogP contribution in [-0.4, -0.2) is 22.7 Å². The molecule has 0 saturated heterocycles. The van der Waals surface area contributed by atoms with Crippen molar-refractivity contribution in [3.05, 3.63) is 29.8 Å². The standard InChI is InChI=1S/C14H17F2NO3S/c1-8(17-11(18)14(2,3)12(19)20)9-4-6-10(7-5-9)21-13(15)16/h4-8,13H,1-3H3,(H,17,18)(H,19,20). The van der Waals surface area contributed by atoms with Gasteiger partial charge in [-0.25, -0.2) is 0 Å². The number of carboxylic acid groups (broad SMARTS) is 1. The second-order valence-electron chi connectivity index (χ2n) is 5.07. The maximum Gasteiger partial charge on any atom is 0.318 e. The van der Waals surface area contributed by atoms with E-state index in [1.165, 1.54) is 26.0 Å². The highest BCUT2D eigenvalue weighted by atomic mass is 32.2. The molecule has 1 unspecified atom stereocenters. The van der Waals surface area contributed by atoms with Gasteiger partial charge < -0.3 is 10.4 Å². The summed E-state index contributed by atoms with van der Waals surface area (Å²) in [6.45, 7) is 4.34. The van der Waals surface area contributed by atoms with Crippen molar-refractivity contribution in [2.75, 3.05) is 0 Å². The summed E-state index contributed by atoms with van der Waals surface area (Å²) in [6, 6.07) is 5.92. The van der Waals surface area contributed by atoms with Crippen LogP contribution < -0.4 is 5.32 Å². The molecule has 1 rings (SSSR count). The van der Waals surface area contributed by atoms with Crippen molar-refractivity contribution in [3.63, 3.8) is 0 Å². The van der Waals surface area contributed by atoms with Gasteiger partial charge in [0.2, 0.25) is 5.91 Å². The first-order chi connectivity index (χ1) is 9.64. The summed E-state index contributed by atoms with van der Waals surface area (Å²) in [7, 11) is 0. The predicted molar refractivity (Wildman–Crippen MR) is 76.3 cm³/mol. The van der Waals surface area contributed by atoms with Gasteiger partial charge in [-0.05, 0) is 38.5 Å². The van der Waals surface area contributed by atoms with Crippen LogP contribution in [-0.2, 0) is 9.59 Å². The monoisotopic (exact) mass is 317 g/mol. The predicted octanol–water partition coefficient (Wildman–Crippen LogP) is 3.29. The maximum atomic E-state index is 12.2. The zero-order valence-corrected chi connectivity index (χ0v) is 12.7. The Morgan fingerprint density at radius 3 is 2.19 bits per heavy atom. The summed E-state index contributed by atoms with van der Waals surface area (Å²) in [5.74, 6) is -4.30. The molecule has 0 aromatic heterocycles. The molecule has 1 atom stereocenters. The average molecular weight is 317 g/mol. The van der Waals surface area contributed by atoms with Crippen molar-refractivity contribution in [2.45, 2.75) is 37.5 Å². The lowest BCUT2D eigenvalue weighted by atomic mass is 9.92. The Bertz CT molecular complexity index is 517. The molecule has 0 aliphatic rings. The van der Waals surface area contributed by atoms with Gasteiger partial charge in [0.25, 0.3) is 5.76 Å². The number of aliphatic carboxylic acids is 1. The fourth-order valence-corrected chi connectivity index (χ4v) is 1.99. The van der Waals surface area contributed by atoms with Crippen LogP contribution in [0.25, 0.3) is 0 Å². The molecule has 2 N–H and O–H groups in total. The van der Waals surface area contributed by atoms with Crippen LogP contribution in [0.5, 0.6) is 0 Å². The van der Waals surface area contributed by atoms with Crippen LogP contribution in [0.15, 0.2) is 29.2 Å². The van der Waals surface area contributed by atoms with E-state index in [0.29, 0.717) is 22.2 Å². The molecule has 0 bridgehead atoms. The van der Waals surface area contributed by atoms with E-state index in [1.54, 1.807) is 19.1 Å². The summed E-state index contributed by atoms with van der Waals surface area (Å²) >= 11 is 0.443. The Balaban J connectivity index is 2.74. The molecule has 0 heterocycles. The van der Waals surface area contributed by atoms with Crippen LogP contribution in [0.1, 0.15) is 32.4 Å². The summed E-state index contributed by atoms with van der Waals surface area (Å²) < 4.78 is 24.4. The van der Waals surface area contributed by atoms with Crippen LogP contribution in [0.2, 0.25) is 0 Å². The number of alkyl halides is 2. The topological polar surface area (TPSA) is 66.4 Å². The number of rotatable bonds is 6. The van der Waals surface area contributed by atoms with Gasteiger partial charge >= 0.3 is 5.97 Å². The van der Waals surface area contributed by atoms with Gasteiger partial charge in [0, 0.05) is 4.90 Å². The number of hydrogen-bond donors (Lipinski definition) is 2. The third-order valence-electron chi connectivity index (χ3n) is 3.06. The fourth-order valence-electron chi connectivity index (χ4n) is 1.50. The van der Waals surface area contributed by atoms with Crippen LogP contribution in [0, 0.1) is 5.41 Å². The van der Waals surface area contributed by atoms with E-state index < -0.39 is 29.1 Å². The maximum absolute atomic E-state index is 12.2. The number of carboxylic acids is 1. The molecule has 7 heteroatoms. The number of carbonyl (C=O) groups excluding carboxylic acids is 1. The lowest BCUT2D eigenvalue weighted by molar-refractivity contribution is -0.153. The molecular formula is C14H17F2NO3S. The Morgan fingerprint density at radius 2 is 1.76 bits per heavy atom. The normalized spacial score (nSPS) is 13.0. The second kappa shape index (κ2) is 6.89. The molecule has 0 fully saturated rings. The van der Waals surface area contributed by atoms with E-state index in [4.69, 9.17) is 5.11 Å². The minimum Gasteiger partial charge on any atom is -0.480 e. The minimum atomic E-state index is -2.48. The van der Waals surface area contributed by atoms with Gasteiger partial charge in [0.05, 0.1) is 6.04 Å². The first kappa shape index (κ1) is 17.4. The van der Waals surface area contributed by atoms with Crippen molar-refractivity contribution in [1.82, 2.24) is 5.32 Å². The summed E-state index contributed by atoms with van der Waals surface area (Å²) in [5, 5.41) is 11.6. The lowest BCUT2D eigenvalue weighted by Gasteiger charge is -2.22. The Hall–Kier alpha value is -1.63. The van der Waals surface area contributed by atoms with E-state index in [-0.39, 0.29) is 0 Å². The van der Waals surface area contributed by atoms with Crippen LogP contribution in [0.4, 0.5) is 8.78 Å². The van der Waals surface area contributed by atoms with Crippen molar-refractivity contribution in [3.8, 4) is 0 Å². The summed E-state index contributed by atoms with van der Waals surface area (Å²) in [4.78, 5) is 23.3. The van der Waals surface area contributed by atoms with Crippen molar-refractivity contribution in [2.24, 2.45) is 5.41 Å². The molecule has 1 amide bonds. The number of halogens is 2. The number of thioether (sulfide) groups is 1. The number of benzene rings is 1. The van der Waals surface area contributed by atoms with Gasteiger partial charge in [0.1, 0.15) is 5.41 Å². The third kappa shape index (κ3) is 4.70. The van der Waals surface area contributed by atoms with Crippen LogP contribution >= 0.6 is 11.8 Å². The summed E-state index contributed by atoms with van der Waals surface area (Å²) in [5.41, 5.74) is -0.817. The second-order valence-corrected chi connectivity index (χ2v) is 6.14. The molecule has 0 spiro atoms. The Morgan fingerprint density at radius 1 is 1.24 bits per heavy atom. The zero-order chi connectivity index (χ0) is 16.2. The third-order valence-corrected chi connectivity index (χ3v) is 3.78. The molecule has 0 saturated carbocycles. The number of carbonyl (C=O) groups is 2. The zero-order valence-electron chi connectivity index (χ0n) is 11.9. The fraction of sp³-hybridized carbons (Fsp3) is 0.429. The van der Waals surface area contributed by atoms with E-state index in [9.17, 15) is 18.4 Å². The van der Waals surface area contributed by atoms with E-state index in [2.05, 4.69) is 5.32 Å². The Kier molecular flexibility index (Phi) is 5.71. The quantitative estimate of drug-likeness (QED) is 0.624. The van der Waals surface area contributed by atoms with Crippen LogP contribution in [0.3, 0.4) is 0 Å². The molecule has 1 aromatic rings. The minimum absolute atomic E-state index is 0.415. The SMILES string of the molecule is CC(NC(=O)C(C)(C)C(=O)O)c1ccc(SC(F)F)cc1. The average Bonchev–Trinajstić information content (AvgIpc) is 2.38. The van der Waals surface area contributed by atoms with Gasteiger partial charge in [-0.2, -0.15) is 8.78 Å². The highest BCUT2D eigenvalue weighted by Crippen LogP contribution is 2.26. The molecule has 4 nitrogen and oxygen atoms in total. The molecule has 1 aromatic carbocycles. The Labute approximate surface area is 125 Å². The highest BCUT2D eigenvalue weighted by Gasteiger charge is 2.36. The lowest BCUT2D eigenvalue weighted by Crippen LogP contribution is -2.43. The smallest absolute Gasteiger partial charge is 0.318 e. The van der Waals surface area contributed by atoms with Crippen molar-refractivity contribution in [1.29, 1.82) is 0 Å². The molecule has 0 aliphatic carbocycles. The highest BCUT2D eigenvalue weighted by molar-refractivity contribution is 7.99. The van der Waals surface area contributed by atoms with E-state index in [1.807, 2.05) is 0 Å². The molecule has 21 heavy (non-hydrogen) atoms. The largest absolute Gasteiger partial charge is 0.480 e. The molecular weight excluding hydrogens is 300 g/mol. The first-order valence-corrected chi connectivity index (χ1v) is 7.11. The number of amides is 1. The number of hydrogen-bond acceptors (Lipinski definition) is 3. The van der Waals surface area contributed by atoms with E-state index in [0.717, 1.165) is 0 Å². The van der Waals surface area contributed by atoms with E-state index >= 15 is 0 Å². The van der Waals surface area contributed by atoms with Gasteiger partial charge in [-0.1, -0.05) is 23.9 Å². The van der Waals surface area contributed by atoms with Crippen molar-refractivity contribution < 1.29 is 23.5 Å². The van der Waals surface area contributed by atoms with Crippen molar-refractivity contribution >= 4 is 23.6 Å². The first-order valence-electron chi connectivity index (χ1n) is 6.23. The number of nitrogens with one attached hydrogen (secondary N) is 1. The van der Waals surface area contributed by atoms with Gasteiger partial charge in [-0.3, -0.25) is 9.59 Å². The summed E-state index contributed by atoms with van der Waals surface area (Å²) in [6.07, 6.45) is 0. The molecule has 0 radical (unpaired) electrons. The molecule has 0 aliphatic heterocycles.